The summed E-state index contributed by atoms with van der Waals surface area (Å²) in [5, 5.41) is 0. The lowest BCUT2D eigenvalue weighted by Crippen LogP contribution is -1.93. The van der Waals surface area contributed by atoms with Gasteiger partial charge in [-0.25, -0.2) is 4.98 Å². The first-order valence-corrected chi connectivity index (χ1v) is 8.18. The molecule has 0 radical (unpaired) electrons. The van der Waals surface area contributed by atoms with Gasteiger partial charge in [0.25, 0.3) is 0 Å². The van der Waals surface area contributed by atoms with Crippen molar-refractivity contribution in [3.05, 3.63) is 83.2 Å². The second kappa shape index (κ2) is 6.29. The molecule has 1 aromatic heterocycles. The summed E-state index contributed by atoms with van der Waals surface area (Å²) in [6.45, 7) is 0. The summed E-state index contributed by atoms with van der Waals surface area (Å²) >= 11 is 1.51. The first-order chi connectivity index (χ1) is 11.8. The molecule has 0 unspecified atom stereocenters. The summed E-state index contributed by atoms with van der Waals surface area (Å²) in [5.74, 6) is 1.20. The van der Waals surface area contributed by atoms with Crippen LogP contribution in [-0.2, 0) is 0 Å². The topological polar surface area (TPSA) is 52.1 Å². The lowest BCUT2D eigenvalue weighted by atomic mass is 10.1. The quantitative estimate of drug-likeness (QED) is 0.656. The zero-order chi connectivity index (χ0) is 16.4. The molecular weight excluding hydrogens is 320 g/mol. The largest absolute Gasteiger partial charge is 0.438 e. The minimum atomic E-state index is 0.0792. The van der Waals surface area contributed by atoms with Crippen LogP contribution in [0.15, 0.2) is 76.9 Å². The molecule has 3 aromatic rings. The number of nitrogens with zero attached hydrogens (tertiary/aromatic N) is 2. The van der Waals surface area contributed by atoms with Gasteiger partial charge in [0.2, 0.25) is 11.7 Å². The normalized spacial score (nSPS) is 14.7. The van der Waals surface area contributed by atoms with Gasteiger partial charge in [0, 0.05) is 22.9 Å². The summed E-state index contributed by atoms with van der Waals surface area (Å²) < 4.78 is 5.61. The van der Waals surface area contributed by atoms with Crippen LogP contribution in [0.1, 0.15) is 15.9 Å². The number of carbonyl (C=O) groups excluding carboxylic acids is 1. The Balaban J connectivity index is 1.53. The molecule has 0 amide bonds. The van der Waals surface area contributed by atoms with E-state index in [0.717, 1.165) is 20.9 Å². The van der Waals surface area contributed by atoms with Gasteiger partial charge in [-0.2, -0.15) is 0 Å². The van der Waals surface area contributed by atoms with Crippen molar-refractivity contribution >= 4 is 23.6 Å². The smallest absolute Gasteiger partial charge is 0.237 e. The molecule has 0 saturated heterocycles. The first-order valence-electron chi connectivity index (χ1n) is 7.37. The number of rotatable bonds is 3. The fraction of sp³-hybridized carbons (Fsp3) is 0. The van der Waals surface area contributed by atoms with Gasteiger partial charge in [-0.3, -0.25) is 9.78 Å². The highest BCUT2D eigenvalue weighted by Gasteiger charge is 2.24. The van der Waals surface area contributed by atoms with Crippen LogP contribution >= 0.6 is 11.8 Å². The van der Waals surface area contributed by atoms with E-state index in [9.17, 15) is 4.79 Å². The number of ketones is 1. The van der Waals surface area contributed by atoms with Gasteiger partial charge in [-0.15, -0.1) is 0 Å². The number of fused-ring (bicyclic) bond motifs is 1. The summed E-state index contributed by atoms with van der Waals surface area (Å²) in [5.41, 5.74) is 1.72. The van der Waals surface area contributed by atoms with Crippen LogP contribution in [0.25, 0.3) is 6.08 Å². The molecule has 4 rings (SSSR count). The number of benzene rings is 2. The predicted octanol–water partition coefficient (Wildman–Crippen LogP) is 4.60. The number of hydrogen-bond acceptors (Lipinski definition) is 5. The van der Waals surface area contributed by atoms with Gasteiger partial charge in [-0.05, 0) is 35.9 Å². The van der Waals surface area contributed by atoms with Gasteiger partial charge >= 0.3 is 0 Å². The number of thioether (sulfide) groups is 1. The number of hydrogen-bond donors (Lipinski definition) is 0. The van der Waals surface area contributed by atoms with E-state index < -0.39 is 0 Å². The van der Waals surface area contributed by atoms with Crippen molar-refractivity contribution in [2.75, 3.05) is 0 Å². The molecule has 1 aliphatic heterocycles. The number of carbonyl (C=O) groups is 1. The first kappa shape index (κ1) is 14.7. The summed E-state index contributed by atoms with van der Waals surface area (Å²) in [7, 11) is 0. The van der Waals surface area contributed by atoms with Crippen LogP contribution in [0.4, 0.5) is 0 Å². The van der Waals surface area contributed by atoms with Crippen LogP contribution in [0.2, 0.25) is 0 Å². The van der Waals surface area contributed by atoms with Crippen molar-refractivity contribution in [2.45, 2.75) is 4.90 Å². The summed E-state index contributed by atoms with van der Waals surface area (Å²) in [4.78, 5) is 22.2. The number of allylic oxidation sites excluding steroid dienone is 1. The monoisotopic (exact) mass is 332 g/mol. The van der Waals surface area contributed by atoms with Crippen molar-refractivity contribution in [3.63, 3.8) is 0 Å². The van der Waals surface area contributed by atoms with E-state index in [1.54, 1.807) is 18.6 Å². The highest BCUT2D eigenvalue weighted by Crippen LogP contribution is 2.40. The number of ether oxygens (including phenoxy) is 1. The van der Waals surface area contributed by atoms with Crippen LogP contribution in [0.3, 0.4) is 0 Å². The van der Waals surface area contributed by atoms with Crippen LogP contribution in [0, 0.1) is 0 Å². The number of Topliss-reactive ketones (excluding diaryl/α,β-unsaturated/α-hetero) is 1. The standard InChI is InChI=1S/C19H12N2O2S/c22-19-15-3-1-2-4-16(15)24-17(19)11-13-5-7-14(8-6-13)23-18-12-20-9-10-21-18/h1-12H/b17-11-. The maximum Gasteiger partial charge on any atom is 0.237 e. The van der Waals surface area contributed by atoms with E-state index in [0.29, 0.717) is 11.6 Å². The molecule has 2 heterocycles. The molecule has 4 nitrogen and oxygen atoms in total. The molecule has 0 bridgehead atoms. The van der Waals surface area contributed by atoms with E-state index >= 15 is 0 Å². The Hall–Kier alpha value is -2.92. The Morgan fingerprint density at radius 1 is 1.00 bits per heavy atom. The third-order valence-electron chi connectivity index (χ3n) is 3.52. The van der Waals surface area contributed by atoms with E-state index in [2.05, 4.69) is 9.97 Å². The highest BCUT2D eigenvalue weighted by molar-refractivity contribution is 8.04. The molecule has 0 N–H and O–H groups in total. The van der Waals surface area contributed by atoms with E-state index in [4.69, 9.17) is 4.74 Å². The number of aromatic nitrogens is 2. The van der Waals surface area contributed by atoms with Crippen molar-refractivity contribution < 1.29 is 9.53 Å². The van der Waals surface area contributed by atoms with Crippen molar-refractivity contribution in [2.24, 2.45) is 0 Å². The Bertz CT molecular complexity index is 922. The molecule has 0 fully saturated rings. The van der Waals surface area contributed by atoms with Crippen molar-refractivity contribution in [1.29, 1.82) is 0 Å². The maximum atomic E-state index is 12.4. The molecular formula is C19H12N2O2S. The van der Waals surface area contributed by atoms with Crippen LogP contribution in [-0.4, -0.2) is 15.8 Å². The summed E-state index contributed by atoms with van der Waals surface area (Å²) in [6, 6.07) is 15.2. The van der Waals surface area contributed by atoms with Gasteiger partial charge in [0.1, 0.15) is 5.75 Å². The minimum absolute atomic E-state index is 0.0792. The third kappa shape index (κ3) is 2.94. The van der Waals surface area contributed by atoms with E-state index in [1.165, 1.54) is 11.8 Å². The Morgan fingerprint density at radius 2 is 1.83 bits per heavy atom. The Morgan fingerprint density at radius 3 is 2.58 bits per heavy atom. The van der Waals surface area contributed by atoms with E-state index in [1.807, 2.05) is 54.6 Å². The molecule has 0 spiro atoms. The van der Waals surface area contributed by atoms with Crippen LogP contribution < -0.4 is 4.74 Å². The SMILES string of the molecule is O=C1/C(=C/c2ccc(Oc3cnccn3)cc2)Sc2ccccc21. The van der Waals surface area contributed by atoms with E-state index in [-0.39, 0.29) is 5.78 Å². The molecule has 24 heavy (non-hydrogen) atoms. The van der Waals surface area contributed by atoms with Crippen LogP contribution in [0.5, 0.6) is 11.6 Å². The van der Waals surface area contributed by atoms with Gasteiger partial charge in [-0.1, -0.05) is 36.0 Å². The molecule has 0 atom stereocenters. The minimum Gasteiger partial charge on any atom is -0.438 e. The molecule has 5 heteroatoms. The Labute approximate surface area is 143 Å². The van der Waals surface area contributed by atoms with Gasteiger partial charge < -0.3 is 4.74 Å². The second-order valence-electron chi connectivity index (χ2n) is 5.15. The lowest BCUT2D eigenvalue weighted by molar-refractivity contribution is 0.104. The molecule has 2 aromatic carbocycles. The van der Waals surface area contributed by atoms with Gasteiger partial charge in [0.05, 0.1) is 11.1 Å². The predicted molar refractivity (Wildman–Crippen MR) is 93.2 cm³/mol. The molecule has 0 aliphatic carbocycles. The second-order valence-corrected chi connectivity index (χ2v) is 6.23. The maximum absolute atomic E-state index is 12.4. The third-order valence-corrected chi connectivity index (χ3v) is 4.61. The fourth-order valence-electron chi connectivity index (χ4n) is 2.38. The summed E-state index contributed by atoms with van der Waals surface area (Å²) in [6.07, 6.45) is 6.63. The molecule has 116 valence electrons. The zero-order valence-electron chi connectivity index (χ0n) is 12.5. The highest BCUT2D eigenvalue weighted by atomic mass is 32.2. The van der Waals surface area contributed by atoms with Crippen molar-refractivity contribution in [1.82, 2.24) is 9.97 Å². The average molecular weight is 332 g/mol. The average Bonchev–Trinajstić information content (AvgIpc) is 2.94. The van der Waals surface area contributed by atoms with Gasteiger partial charge in [0.15, 0.2) is 0 Å². The lowest BCUT2D eigenvalue weighted by Gasteiger charge is -2.04. The molecule has 0 saturated carbocycles. The van der Waals surface area contributed by atoms with Crippen molar-refractivity contribution in [3.8, 4) is 11.6 Å². The molecule has 1 aliphatic rings. The Kier molecular flexibility index (Phi) is 3.84. The fourth-order valence-corrected chi connectivity index (χ4v) is 3.43. The zero-order valence-corrected chi connectivity index (χ0v) is 13.4.